The van der Waals surface area contributed by atoms with E-state index in [0.29, 0.717) is 19.5 Å². The Morgan fingerprint density at radius 2 is 2.05 bits per heavy atom. The Hall–Kier alpha value is -1.40. The summed E-state index contributed by atoms with van der Waals surface area (Å²) in [4.78, 5) is 14.1. The van der Waals surface area contributed by atoms with Gasteiger partial charge in [0, 0.05) is 12.6 Å². The van der Waals surface area contributed by atoms with Crippen LogP contribution in [0.4, 0.5) is 0 Å². The molecule has 1 heterocycles. The van der Waals surface area contributed by atoms with E-state index in [1.165, 1.54) is 0 Å². The van der Waals surface area contributed by atoms with Gasteiger partial charge in [0.1, 0.15) is 0 Å². The summed E-state index contributed by atoms with van der Waals surface area (Å²) in [6, 6.07) is 9.76. The molecule has 0 aliphatic carbocycles. The van der Waals surface area contributed by atoms with Gasteiger partial charge < -0.3 is 5.32 Å². The quantitative estimate of drug-likeness (QED) is 0.844. The first-order chi connectivity index (χ1) is 9.98. The van der Waals surface area contributed by atoms with Crippen molar-refractivity contribution in [1.29, 1.82) is 0 Å². The molecule has 1 aromatic carbocycles. The predicted molar refractivity (Wildman–Crippen MR) is 82.6 cm³/mol. The number of hydrogen-bond acceptors (Lipinski definition) is 4. The van der Waals surface area contributed by atoms with Crippen LogP contribution < -0.4 is 5.32 Å². The number of benzene rings is 1. The Morgan fingerprint density at radius 3 is 2.62 bits per heavy atom. The molecule has 1 aliphatic heterocycles. The molecule has 2 rings (SSSR count). The fraction of sp³-hybridized carbons (Fsp3) is 0.533. The minimum Gasteiger partial charge on any atom is -0.351 e. The van der Waals surface area contributed by atoms with Crippen LogP contribution in [0.25, 0.3) is 0 Å². The zero-order chi connectivity index (χ0) is 15.3. The van der Waals surface area contributed by atoms with Crippen molar-refractivity contribution in [2.45, 2.75) is 25.9 Å². The van der Waals surface area contributed by atoms with Gasteiger partial charge in [0.15, 0.2) is 9.84 Å². The molecule has 116 valence electrons. The monoisotopic (exact) mass is 310 g/mol. The lowest BCUT2D eigenvalue weighted by Gasteiger charge is -2.21. The Kier molecular flexibility index (Phi) is 5.36. The molecule has 1 unspecified atom stereocenters. The first kappa shape index (κ1) is 16.0. The SMILES string of the molecule is CCN(CC(=O)NC1CCS(=O)(=O)C1)Cc1ccccc1. The van der Waals surface area contributed by atoms with Gasteiger partial charge in [0.25, 0.3) is 0 Å². The number of likely N-dealkylation sites (N-methyl/N-ethyl adjacent to an activating group) is 1. The van der Waals surface area contributed by atoms with E-state index >= 15 is 0 Å². The second-order valence-corrected chi connectivity index (χ2v) is 7.69. The molecule has 6 heteroatoms. The Bertz CT molecular complexity index is 572. The van der Waals surface area contributed by atoms with Crippen LogP contribution in [0.5, 0.6) is 0 Å². The molecule has 0 aromatic heterocycles. The summed E-state index contributed by atoms with van der Waals surface area (Å²) in [5.74, 6) is 0.151. The lowest BCUT2D eigenvalue weighted by molar-refractivity contribution is -0.122. The third-order valence-electron chi connectivity index (χ3n) is 3.66. The van der Waals surface area contributed by atoms with E-state index in [-0.39, 0.29) is 23.5 Å². The zero-order valence-corrected chi connectivity index (χ0v) is 13.1. The first-order valence-corrected chi connectivity index (χ1v) is 9.06. The second-order valence-electron chi connectivity index (χ2n) is 5.46. The lowest BCUT2D eigenvalue weighted by atomic mass is 10.2. The van der Waals surface area contributed by atoms with E-state index < -0.39 is 9.84 Å². The summed E-state index contributed by atoms with van der Waals surface area (Å²) >= 11 is 0. The summed E-state index contributed by atoms with van der Waals surface area (Å²) in [6.07, 6.45) is 0.527. The van der Waals surface area contributed by atoms with Gasteiger partial charge in [-0.1, -0.05) is 37.3 Å². The third-order valence-corrected chi connectivity index (χ3v) is 5.43. The van der Waals surface area contributed by atoms with E-state index in [2.05, 4.69) is 5.32 Å². The standard InChI is InChI=1S/C15H22N2O3S/c1-2-17(10-13-6-4-3-5-7-13)11-15(18)16-14-8-9-21(19,20)12-14/h3-7,14H,2,8-12H2,1H3,(H,16,18). The van der Waals surface area contributed by atoms with Gasteiger partial charge in [-0.2, -0.15) is 0 Å². The van der Waals surface area contributed by atoms with Crippen molar-refractivity contribution >= 4 is 15.7 Å². The molecule has 1 aliphatic rings. The maximum Gasteiger partial charge on any atom is 0.234 e. The van der Waals surface area contributed by atoms with E-state index in [9.17, 15) is 13.2 Å². The molecule has 1 fully saturated rings. The molecule has 1 aromatic rings. The molecule has 1 N–H and O–H groups in total. The molecule has 5 nitrogen and oxygen atoms in total. The van der Waals surface area contributed by atoms with Gasteiger partial charge in [0.2, 0.25) is 5.91 Å². The van der Waals surface area contributed by atoms with Gasteiger partial charge in [-0.3, -0.25) is 9.69 Å². The largest absolute Gasteiger partial charge is 0.351 e. The van der Waals surface area contributed by atoms with Crippen molar-refractivity contribution in [2.24, 2.45) is 0 Å². The van der Waals surface area contributed by atoms with Crippen LogP contribution in [-0.4, -0.2) is 49.9 Å². The number of nitrogens with zero attached hydrogens (tertiary/aromatic N) is 1. The highest BCUT2D eigenvalue weighted by Crippen LogP contribution is 2.11. The van der Waals surface area contributed by atoms with Gasteiger partial charge in [-0.15, -0.1) is 0 Å². The number of amides is 1. The molecule has 1 atom stereocenters. The number of sulfone groups is 1. The number of rotatable bonds is 6. The van der Waals surface area contributed by atoms with E-state index in [4.69, 9.17) is 0 Å². The average Bonchev–Trinajstić information content (AvgIpc) is 2.78. The zero-order valence-electron chi connectivity index (χ0n) is 12.3. The fourth-order valence-electron chi connectivity index (χ4n) is 2.51. The number of nitrogens with one attached hydrogen (secondary N) is 1. The Balaban J connectivity index is 1.83. The Labute approximate surface area is 126 Å². The van der Waals surface area contributed by atoms with Crippen LogP contribution in [0, 0.1) is 0 Å². The summed E-state index contributed by atoms with van der Waals surface area (Å²) in [6.45, 7) is 3.79. The number of hydrogen-bond donors (Lipinski definition) is 1. The topological polar surface area (TPSA) is 66.5 Å². The van der Waals surface area contributed by atoms with Crippen LogP contribution >= 0.6 is 0 Å². The normalized spacial score (nSPS) is 20.6. The number of carbonyl (C=O) groups is 1. The van der Waals surface area contributed by atoms with Crippen LogP contribution in [-0.2, 0) is 21.2 Å². The van der Waals surface area contributed by atoms with Gasteiger partial charge in [-0.05, 0) is 18.5 Å². The fourth-order valence-corrected chi connectivity index (χ4v) is 4.18. The van der Waals surface area contributed by atoms with Crippen LogP contribution in [0.15, 0.2) is 30.3 Å². The highest BCUT2D eigenvalue weighted by molar-refractivity contribution is 7.91. The smallest absolute Gasteiger partial charge is 0.234 e. The van der Waals surface area contributed by atoms with Crippen LogP contribution in [0.1, 0.15) is 18.9 Å². The highest BCUT2D eigenvalue weighted by Gasteiger charge is 2.29. The molecule has 21 heavy (non-hydrogen) atoms. The maximum atomic E-state index is 12.0. The molecule has 0 bridgehead atoms. The molecule has 0 saturated carbocycles. The van der Waals surface area contributed by atoms with Gasteiger partial charge in [0.05, 0.1) is 18.1 Å². The summed E-state index contributed by atoms with van der Waals surface area (Å²) in [7, 11) is -2.95. The van der Waals surface area contributed by atoms with Crippen molar-refractivity contribution in [1.82, 2.24) is 10.2 Å². The number of carbonyl (C=O) groups excluding carboxylic acids is 1. The van der Waals surface area contributed by atoms with Crippen molar-refractivity contribution < 1.29 is 13.2 Å². The maximum absolute atomic E-state index is 12.0. The molecule has 1 saturated heterocycles. The van der Waals surface area contributed by atoms with Crippen molar-refractivity contribution in [3.63, 3.8) is 0 Å². The van der Waals surface area contributed by atoms with Crippen LogP contribution in [0.3, 0.4) is 0 Å². The minimum absolute atomic E-state index is 0.0730. The Morgan fingerprint density at radius 1 is 1.33 bits per heavy atom. The highest BCUT2D eigenvalue weighted by atomic mass is 32.2. The van der Waals surface area contributed by atoms with E-state index in [0.717, 1.165) is 12.1 Å². The molecule has 0 spiro atoms. The van der Waals surface area contributed by atoms with Crippen LogP contribution in [0.2, 0.25) is 0 Å². The average molecular weight is 310 g/mol. The van der Waals surface area contributed by atoms with Crippen molar-refractivity contribution in [2.75, 3.05) is 24.6 Å². The predicted octanol–water partition coefficient (Wildman–Crippen LogP) is 0.812. The molecule has 1 amide bonds. The first-order valence-electron chi connectivity index (χ1n) is 7.24. The second kappa shape index (κ2) is 7.04. The summed E-state index contributed by atoms with van der Waals surface area (Å²) < 4.78 is 22.8. The van der Waals surface area contributed by atoms with Crippen molar-refractivity contribution in [3.05, 3.63) is 35.9 Å². The van der Waals surface area contributed by atoms with Gasteiger partial charge >= 0.3 is 0 Å². The van der Waals surface area contributed by atoms with Gasteiger partial charge in [-0.25, -0.2) is 8.42 Å². The van der Waals surface area contributed by atoms with E-state index in [1.807, 2.05) is 42.2 Å². The minimum atomic E-state index is -2.95. The van der Waals surface area contributed by atoms with Crippen molar-refractivity contribution in [3.8, 4) is 0 Å². The van der Waals surface area contributed by atoms with E-state index in [1.54, 1.807) is 0 Å². The third kappa shape index (κ3) is 5.13. The molecular formula is C15H22N2O3S. The lowest BCUT2D eigenvalue weighted by Crippen LogP contribution is -2.42. The summed E-state index contributed by atoms with van der Waals surface area (Å²) in [5, 5.41) is 2.83. The molecule has 0 radical (unpaired) electrons. The summed E-state index contributed by atoms with van der Waals surface area (Å²) in [5.41, 5.74) is 1.16. The molecular weight excluding hydrogens is 288 g/mol.